The predicted octanol–water partition coefficient (Wildman–Crippen LogP) is 3.20. The van der Waals surface area contributed by atoms with Crippen molar-refractivity contribution in [2.45, 2.75) is 38.3 Å². The van der Waals surface area contributed by atoms with E-state index in [1.165, 1.54) is 0 Å². The van der Waals surface area contributed by atoms with Crippen molar-refractivity contribution in [1.82, 2.24) is 4.90 Å². The highest BCUT2D eigenvalue weighted by atomic mass is 16.6. The molecule has 0 saturated heterocycles. The van der Waals surface area contributed by atoms with Crippen molar-refractivity contribution in [3.05, 3.63) is 35.9 Å². The number of amides is 1. The Bertz CT molecular complexity index is 384. The molecule has 0 heterocycles. The number of rotatable bonds is 4. The lowest BCUT2D eigenvalue weighted by Gasteiger charge is -2.26. The van der Waals surface area contributed by atoms with Crippen LogP contribution in [-0.2, 0) is 11.3 Å². The molecule has 1 aliphatic carbocycles. The molecular weight excluding hydrogens is 214 g/mol. The van der Waals surface area contributed by atoms with Crippen molar-refractivity contribution in [3.8, 4) is 0 Å². The number of ether oxygens (including phenoxy) is 1. The highest BCUT2D eigenvalue weighted by Crippen LogP contribution is 2.43. The quantitative estimate of drug-likeness (QED) is 0.799. The average molecular weight is 233 g/mol. The molecule has 1 saturated carbocycles. The maximum absolute atomic E-state index is 11.9. The molecule has 0 aliphatic heterocycles. The summed E-state index contributed by atoms with van der Waals surface area (Å²) in [5.41, 5.74) is 1.10. The molecule has 17 heavy (non-hydrogen) atoms. The Hall–Kier alpha value is -1.51. The van der Waals surface area contributed by atoms with Crippen LogP contribution in [0.15, 0.2) is 30.3 Å². The monoisotopic (exact) mass is 233 g/mol. The van der Waals surface area contributed by atoms with Gasteiger partial charge in [0, 0.05) is 12.6 Å². The van der Waals surface area contributed by atoms with Crippen LogP contribution >= 0.6 is 0 Å². The van der Waals surface area contributed by atoms with Gasteiger partial charge in [-0.15, -0.1) is 0 Å². The smallest absolute Gasteiger partial charge is 0.410 e. The van der Waals surface area contributed by atoms with E-state index in [0.717, 1.165) is 24.8 Å². The molecule has 0 N–H and O–H groups in total. The van der Waals surface area contributed by atoms with E-state index >= 15 is 0 Å². The summed E-state index contributed by atoms with van der Waals surface area (Å²) < 4.78 is 5.31. The van der Waals surface area contributed by atoms with E-state index in [1.54, 1.807) is 4.90 Å². The second-order valence-electron chi connectivity index (χ2n) is 4.68. The standard InChI is InChI=1S/C14H19NO2/c1-3-14(9-10-14)15(2)13(16)17-11-12-7-5-4-6-8-12/h4-8H,3,9-11H2,1-2H3. The van der Waals surface area contributed by atoms with Crippen molar-refractivity contribution in [1.29, 1.82) is 0 Å². The number of hydrogen-bond donors (Lipinski definition) is 0. The fourth-order valence-corrected chi connectivity index (χ4v) is 2.08. The molecule has 2 rings (SSSR count). The van der Waals surface area contributed by atoms with Gasteiger partial charge in [0.05, 0.1) is 0 Å². The summed E-state index contributed by atoms with van der Waals surface area (Å²) in [5, 5.41) is 0. The molecule has 1 aliphatic rings. The number of nitrogens with zero attached hydrogens (tertiary/aromatic N) is 1. The van der Waals surface area contributed by atoms with Gasteiger partial charge < -0.3 is 9.64 Å². The van der Waals surface area contributed by atoms with Gasteiger partial charge >= 0.3 is 6.09 Å². The molecule has 0 bridgehead atoms. The Kier molecular flexibility index (Phi) is 3.36. The number of hydrogen-bond acceptors (Lipinski definition) is 2. The molecule has 3 heteroatoms. The van der Waals surface area contributed by atoms with Gasteiger partial charge in [0.25, 0.3) is 0 Å². The molecule has 0 unspecified atom stereocenters. The molecule has 0 spiro atoms. The van der Waals surface area contributed by atoms with Crippen LogP contribution in [0.2, 0.25) is 0 Å². The van der Waals surface area contributed by atoms with Crippen LogP contribution in [0, 0.1) is 0 Å². The van der Waals surface area contributed by atoms with E-state index in [9.17, 15) is 4.79 Å². The van der Waals surface area contributed by atoms with Crippen LogP contribution in [-0.4, -0.2) is 23.6 Å². The molecule has 92 valence electrons. The first kappa shape index (κ1) is 12.0. The predicted molar refractivity (Wildman–Crippen MR) is 66.6 cm³/mol. The molecule has 1 amide bonds. The minimum atomic E-state index is -0.215. The van der Waals surface area contributed by atoms with Gasteiger partial charge in [-0.2, -0.15) is 0 Å². The van der Waals surface area contributed by atoms with Crippen LogP contribution in [0.5, 0.6) is 0 Å². The Balaban J connectivity index is 1.86. The average Bonchev–Trinajstić information content (AvgIpc) is 3.17. The molecule has 0 atom stereocenters. The van der Waals surface area contributed by atoms with Crippen molar-refractivity contribution in [2.75, 3.05) is 7.05 Å². The largest absolute Gasteiger partial charge is 0.445 e. The fraction of sp³-hybridized carbons (Fsp3) is 0.500. The van der Waals surface area contributed by atoms with Gasteiger partial charge in [0.15, 0.2) is 0 Å². The summed E-state index contributed by atoms with van der Waals surface area (Å²) in [6.45, 7) is 2.47. The van der Waals surface area contributed by atoms with E-state index in [-0.39, 0.29) is 11.6 Å². The molecule has 0 radical (unpaired) electrons. The van der Waals surface area contributed by atoms with Crippen molar-refractivity contribution in [2.24, 2.45) is 0 Å². The number of carbonyl (C=O) groups excluding carboxylic acids is 1. The molecule has 1 fully saturated rings. The van der Waals surface area contributed by atoms with E-state index in [2.05, 4.69) is 6.92 Å². The zero-order chi connectivity index (χ0) is 12.3. The summed E-state index contributed by atoms with van der Waals surface area (Å²) in [5.74, 6) is 0. The van der Waals surface area contributed by atoms with Crippen LogP contribution in [0.1, 0.15) is 31.7 Å². The molecular formula is C14H19NO2. The minimum absolute atomic E-state index is 0.0772. The van der Waals surface area contributed by atoms with E-state index in [0.29, 0.717) is 6.61 Å². The lowest BCUT2D eigenvalue weighted by molar-refractivity contribution is 0.0853. The zero-order valence-corrected chi connectivity index (χ0v) is 10.5. The second kappa shape index (κ2) is 4.78. The number of benzene rings is 1. The third-order valence-electron chi connectivity index (χ3n) is 3.68. The van der Waals surface area contributed by atoms with Crippen molar-refractivity contribution < 1.29 is 9.53 Å². The molecule has 3 nitrogen and oxygen atoms in total. The fourth-order valence-electron chi connectivity index (χ4n) is 2.08. The normalized spacial score (nSPS) is 16.4. The van der Waals surface area contributed by atoms with E-state index < -0.39 is 0 Å². The highest BCUT2D eigenvalue weighted by molar-refractivity contribution is 5.69. The van der Waals surface area contributed by atoms with E-state index in [4.69, 9.17) is 4.74 Å². The third-order valence-corrected chi connectivity index (χ3v) is 3.68. The first-order chi connectivity index (χ1) is 8.18. The van der Waals surface area contributed by atoms with Crippen molar-refractivity contribution in [3.63, 3.8) is 0 Å². The Morgan fingerprint density at radius 2 is 2.00 bits per heavy atom. The van der Waals surface area contributed by atoms with Crippen LogP contribution in [0.4, 0.5) is 4.79 Å². The van der Waals surface area contributed by atoms with Gasteiger partial charge in [0.1, 0.15) is 6.61 Å². The van der Waals surface area contributed by atoms with Crippen LogP contribution in [0.3, 0.4) is 0 Å². The van der Waals surface area contributed by atoms with Gasteiger partial charge in [0.2, 0.25) is 0 Å². The first-order valence-corrected chi connectivity index (χ1v) is 6.12. The van der Waals surface area contributed by atoms with Crippen molar-refractivity contribution >= 4 is 6.09 Å². The molecule has 1 aromatic rings. The Morgan fingerprint density at radius 3 is 2.53 bits per heavy atom. The van der Waals surface area contributed by atoms with Crippen LogP contribution in [0.25, 0.3) is 0 Å². The van der Waals surface area contributed by atoms with Gasteiger partial charge in [-0.05, 0) is 24.8 Å². The molecule has 0 aromatic heterocycles. The zero-order valence-electron chi connectivity index (χ0n) is 10.5. The summed E-state index contributed by atoms with van der Waals surface area (Å²) in [6.07, 6.45) is 2.98. The SMILES string of the molecule is CCC1(N(C)C(=O)OCc2ccccc2)CC1. The van der Waals surface area contributed by atoms with Gasteiger partial charge in [-0.3, -0.25) is 0 Å². The third kappa shape index (κ3) is 2.60. The maximum Gasteiger partial charge on any atom is 0.410 e. The van der Waals surface area contributed by atoms with Gasteiger partial charge in [-0.25, -0.2) is 4.79 Å². The minimum Gasteiger partial charge on any atom is -0.445 e. The summed E-state index contributed by atoms with van der Waals surface area (Å²) in [7, 11) is 1.84. The Morgan fingerprint density at radius 1 is 1.35 bits per heavy atom. The lowest BCUT2D eigenvalue weighted by Crippen LogP contribution is -2.38. The number of carbonyl (C=O) groups is 1. The summed E-state index contributed by atoms with van der Waals surface area (Å²) in [4.78, 5) is 13.6. The van der Waals surface area contributed by atoms with Crippen LogP contribution < -0.4 is 0 Å². The Labute approximate surface area is 102 Å². The van der Waals surface area contributed by atoms with Gasteiger partial charge in [-0.1, -0.05) is 37.3 Å². The van der Waals surface area contributed by atoms with E-state index in [1.807, 2.05) is 37.4 Å². The second-order valence-corrected chi connectivity index (χ2v) is 4.68. The molecule has 1 aromatic carbocycles. The summed E-state index contributed by atoms with van der Waals surface area (Å²) in [6, 6.07) is 9.76. The maximum atomic E-state index is 11.9. The highest BCUT2D eigenvalue weighted by Gasteiger charge is 2.47. The summed E-state index contributed by atoms with van der Waals surface area (Å²) >= 11 is 0. The first-order valence-electron chi connectivity index (χ1n) is 6.12. The topological polar surface area (TPSA) is 29.5 Å². The lowest BCUT2D eigenvalue weighted by atomic mass is 10.2.